The van der Waals surface area contributed by atoms with Gasteiger partial charge >= 0.3 is 21.1 Å². The molecule has 0 aliphatic carbocycles. The van der Waals surface area contributed by atoms with E-state index in [4.69, 9.17) is 4.74 Å². The van der Waals surface area contributed by atoms with Gasteiger partial charge in [-0.05, 0) is 57.8 Å². The third kappa shape index (κ3) is 7.50. The van der Waals surface area contributed by atoms with E-state index in [1.165, 1.54) is 10.9 Å². The fourth-order valence-corrected chi connectivity index (χ4v) is 8.81. The number of anilines is 8. The Morgan fingerprint density at radius 1 is 0.422 bits per heavy atom. The molecule has 5 nitrogen and oxygen atoms in total. The van der Waals surface area contributed by atoms with E-state index in [9.17, 15) is 0 Å². The average molecular weight is 1010 g/mol. The van der Waals surface area contributed by atoms with Crippen LogP contribution in [0.2, 0.25) is 0 Å². The maximum atomic E-state index is 6.63. The van der Waals surface area contributed by atoms with Crippen LogP contribution in [0.25, 0.3) is 33.0 Å². The summed E-state index contributed by atoms with van der Waals surface area (Å²) >= 11 is 0. The summed E-state index contributed by atoms with van der Waals surface area (Å²) in [7, 11) is 0. The van der Waals surface area contributed by atoms with Gasteiger partial charge < -0.3 is 24.3 Å². The zero-order chi connectivity index (χ0) is 42.5. The van der Waals surface area contributed by atoms with Crippen LogP contribution in [-0.4, -0.2) is 0 Å². The van der Waals surface area contributed by atoms with E-state index in [0.717, 1.165) is 73.1 Å². The first kappa shape index (κ1) is 41.0. The Bertz CT molecular complexity index is 3050. The third-order valence-corrected chi connectivity index (χ3v) is 11.9. The minimum absolute atomic E-state index is 0. The van der Waals surface area contributed by atoms with Gasteiger partial charge in [0.05, 0.1) is 0 Å². The van der Waals surface area contributed by atoms with E-state index >= 15 is 0 Å². The number of hydrogen-bond acceptors (Lipinski definition) is 5. The van der Waals surface area contributed by atoms with Crippen LogP contribution in [0.4, 0.5) is 45.5 Å². The topological polar surface area (TPSA) is 22.2 Å². The summed E-state index contributed by atoms with van der Waals surface area (Å²) in [6.07, 6.45) is 0. The maximum absolute atomic E-state index is 6.63. The molecule has 2 heterocycles. The van der Waals surface area contributed by atoms with Crippen LogP contribution in [0.15, 0.2) is 200 Å². The van der Waals surface area contributed by atoms with Crippen molar-refractivity contribution < 1.29 is 25.8 Å². The second-order valence-electron chi connectivity index (χ2n) is 17.0. The molecule has 0 spiro atoms. The van der Waals surface area contributed by atoms with Gasteiger partial charge in [-0.1, -0.05) is 154 Å². The zero-order valence-electron chi connectivity index (χ0n) is 35.7. The van der Waals surface area contributed by atoms with E-state index in [0.29, 0.717) is 11.5 Å². The quantitative estimate of drug-likeness (QED) is 0.141. The van der Waals surface area contributed by atoms with Crippen molar-refractivity contribution in [1.82, 2.24) is 0 Å². The van der Waals surface area contributed by atoms with Crippen molar-refractivity contribution in [2.45, 2.75) is 26.2 Å². The average Bonchev–Trinajstić information content (AvgIpc) is 3.92. The standard InChI is InChI=1S/C58H44N4O.Pt/c1-58(2,3)44-32-34-45(35-33-44)59-39-60(54-30-13-12-29-53(54)59)46-22-14-24-48(37-46)63-49-25-15-23-47(38-49)61-40-62(57-52-26-11-10-21-43(52)31-36-55(57)61)56-50(41-17-6-4-7-18-41)27-16-28-51(56)42-19-8-5-9-20-42;/h4-36,39-40H,1-3H3;/q-4;+4. The molecule has 0 fully saturated rings. The van der Waals surface area contributed by atoms with Gasteiger partial charge in [0.1, 0.15) is 0 Å². The first-order valence-electron chi connectivity index (χ1n) is 21.4. The maximum Gasteiger partial charge on any atom is 4.00 e. The van der Waals surface area contributed by atoms with Crippen molar-refractivity contribution in [3.63, 3.8) is 0 Å². The Hall–Kier alpha value is -7.07. The molecule has 312 valence electrons. The van der Waals surface area contributed by atoms with Crippen LogP contribution >= 0.6 is 0 Å². The Morgan fingerprint density at radius 2 is 0.938 bits per heavy atom. The van der Waals surface area contributed by atoms with E-state index < -0.39 is 0 Å². The molecule has 0 unspecified atom stereocenters. The predicted molar refractivity (Wildman–Crippen MR) is 261 cm³/mol. The Morgan fingerprint density at radius 3 is 1.55 bits per heavy atom. The normalized spacial score (nSPS) is 13.2. The summed E-state index contributed by atoms with van der Waals surface area (Å²) in [5, 5.41) is 2.33. The molecule has 0 atom stereocenters. The molecule has 2 aliphatic heterocycles. The molecule has 0 radical (unpaired) electrons. The molecule has 0 saturated heterocycles. The number of ether oxygens (including phenoxy) is 1. The van der Waals surface area contributed by atoms with E-state index in [1.54, 1.807) is 0 Å². The summed E-state index contributed by atoms with van der Waals surface area (Å²) in [6, 6.07) is 77.6. The number of fused-ring (bicyclic) bond motifs is 4. The Balaban J connectivity index is 0.00000484. The van der Waals surface area contributed by atoms with Crippen LogP contribution in [0.3, 0.4) is 0 Å². The van der Waals surface area contributed by atoms with Gasteiger partial charge in [0.15, 0.2) is 0 Å². The number of benzene rings is 9. The molecule has 6 heteroatoms. The van der Waals surface area contributed by atoms with E-state index in [-0.39, 0.29) is 26.5 Å². The molecule has 11 rings (SSSR count). The van der Waals surface area contributed by atoms with Crippen LogP contribution < -0.4 is 24.3 Å². The van der Waals surface area contributed by atoms with Gasteiger partial charge in [-0.15, -0.1) is 61.1 Å². The summed E-state index contributed by atoms with van der Waals surface area (Å²) in [5.41, 5.74) is 14.2. The molecule has 2 aliphatic rings. The van der Waals surface area contributed by atoms with Crippen LogP contribution in [-0.2, 0) is 26.5 Å². The van der Waals surface area contributed by atoms with Gasteiger partial charge in [-0.2, -0.15) is 12.1 Å². The van der Waals surface area contributed by atoms with Gasteiger partial charge in [0.2, 0.25) is 0 Å². The monoisotopic (exact) mass is 1010 g/mol. The number of rotatable bonds is 8. The number of hydrogen-bond donors (Lipinski definition) is 0. The van der Waals surface area contributed by atoms with Crippen molar-refractivity contribution in [2.75, 3.05) is 19.6 Å². The Kier molecular flexibility index (Phi) is 10.8. The molecule has 9 aromatic carbocycles. The zero-order valence-corrected chi connectivity index (χ0v) is 38.0. The number of para-hydroxylation sites is 3. The first-order valence-corrected chi connectivity index (χ1v) is 21.4. The molecule has 0 bridgehead atoms. The minimum Gasteiger partial charge on any atom is -0.509 e. The van der Waals surface area contributed by atoms with Crippen LogP contribution in [0.1, 0.15) is 26.3 Å². The first-order chi connectivity index (χ1) is 30.9. The smallest absolute Gasteiger partial charge is 0.509 e. The molecule has 0 N–H and O–H groups in total. The van der Waals surface area contributed by atoms with Crippen molar-refractivity contribution in [1.29, 1.82) is 0 Å². The second-order valence-corrected chi connectivity index (χ2v) is 17.0. The fraction of sp³-hybridized carbons (Fsp3) is 0.0690. The van der Waals surface area contributed by atoms with Crippen molar-refractivity contribution >= 4 is 56.3 Å². The molecule has 0 aromatic heterocycles. The fourth-order valence-electron chi connectivity index (χ4n) is 8.81. The second kappa shape index (κ2) is 16.9. The molecular weight excluding hydrogens is 964 g/mol. The Labute approximate surface area is 390 Å². The summed E-state index contributed by atoms with van der Waals surface area (Å²) < 4.78 is 6.63. The summed E-state index contributed by atoms with van der Waals surface area (Å²) in [6.45, 7) is 11.1. The van der Waals surface area contributed by atoms with Gasteiger partial charge in [0.25, 0.3) is 0 Å². The van der Waals surface area contributed by atoms with Gasteiger partial charge in [-0.25, -0.2) is 0 Å². The summed E-state index contributed by atoms with van der Waals surface area (Å²) in [4.78, 5) is 9.00. The van der Waals surface area contributed by atoms with Crippen LogP contribution in [0.5, 0.6) is 11.5 Å². The van der Waals surface area contributed by atoms with Gasteiger partial charge in [0, 0.05) is 62.1 Å². The minimum atomic E-state index is 0. The van der Waals surface area contributed by atoms with Crippen LogP contribution in [0, 0.1) is 25.5 Å². The molecule has 9 aromatic rings. The molecule has 64 heavy (non-hydrogen) atoms. The van der Waals surface area contributed by atoms with Crippen molar-refractivity contribution in [2.24, 2.45) is 0 Å². The largest absolute Gasteiger partial charge is 4.00 e. The summed E-state index contributed by atoms with van der Waals surface area (Å²) in [5.74, 6) is 1.19. The van der Waals surface area contributed by atoms with Gasteiger partial charge in [-0.3, -0.25) is 0 Å². The predicted octanol–water partition coefficient (Wildman–Crippen LogP) is 15.7. The molecule has 0 saturated carbocycles. The number of nitrogens with zero attached hydrogens (tertiary/aromatic N) is 4. The molecule has 0 amide bonds. The third-order valence-electron chi connectivity index (χ3n) is 11.9. The van der Waals surface area contributed by atoms with Crippen molar-refractivity contribution in [3.05, 3.63) is 231 Å². The van der Waals surface area contributed by atoms with E-state index in [1.807, 2.05) is 24.3 Å². The molecular formula is C58H44N4OPt. The SMILES string of the molecule is CC(C)(C)c1ccc(N2[CH-]N(c3[c-]c(Oc4[c-]c(N5[CH-]N(c6c(-c7ccccc7)cccc6-c6ccccc6)c6c5ccc5ccccc65)ccc4)ccc3)c3ccccc32)cc1.[Pt+4]. The van der Waals surface area contributed by atoms with E-state index in [2.05, 4.69) is 242 Å². The van der Waals surface area contributed by atoms with Crippen molar-refractivity contribution in [3.8, 4) is 33.8 Å².